The molecule has 0 aliphatic rings. The molecule has 0 saturated heterocycles. The monoisotopic (exact) mass is 395 g/mol. The second-order valence-electron chi connectivity index (χ2n) is 8.20. The number of unbranched alkanes of at least 4 members (excludes halogenated alkanes) is 10. The van der Waals surface area contributed by atoms with E-state index in [1.54, 1.807) is 0 Å². The van der Waals surface area contributed by atoms with Crippen molar-refractivity contribution < 1.29 is 4.74 Å². The van der Waals surface area contributed by atoms with Crippen LogP contribution in [0.5, 0.6) is 5.75 Å². The summed E-state index contributed by atoms with van der Waals surface area (Å²) in [4.78, 5) is 4.67. The van der Waals surface area contributed by atoms with Crippen LogP contribution in [-0.2, 0) is 6.42 Å². The highest BCUT2D eigenvalue weighted by Gasteiger charge is 2.01. The Morgan fingerprint density at radius 2 is 1.21 bits per heavy atom. The van der Waals surface area contributed by atoms with Gasteiger partial charge in [0.2, 0.25) is 0 Å². The Labute approximate surface area is 179 Å². The Kier molecular flexibility index (Phi) is 12.2. The van der Waals surface area contributed by atoms with Gasteiger partial charge in [-0.05, 0) is 43.0 Å². The normalized spacial score (nSPS) is 11.0. The summed E-state index contributed by atoms with van der Waals surface area (Å²) in [6, 6.07) is 12.8. The van der Waals surface area contributed by atoms with Crippen molar-refractivity contribution in [2.75, 3.05) is 6.61 Å². The van der Waals surface area contributed by atoms with Gasteiger partial charge in [0.05, 0.1) is 6.61 Å². The van der Waals surface area contributed by atoms with E-state index in [2.05, 4.69) is 55.2 Å². The molecule has 0 spiro atoms. The molecular formula is C27H41NO. The number of rotatable bonds is 16. The Morgan fingerprint density at radius 1 is 0.621 bits per heavy atom. The Morgan fingerprint density at radius 3 is 1.83 bits per heavy atom. The summed E-state index contributed by atoms with van der Waals surface area (Å²) in [5.74, 6) is 0.968. The molecule has 0 N–H and O–H groups in total. The zero-order chi connectivity index (χ0) is 20.6. The fourth-order valence-corrected chi connectivity index (χ4v) is 3.65. The van der Waals surface area contributed by atoms with Crippen LogP contribution >= 0.6 is 0 Å². The first-order valence-electron chi connectivity index (χ1n) is 12.0. The molecule has 0 aliphatic carbocycles. The zero-order valence-corrected chi connectivity index (χ0v) is 18.8. The summed E-state index contributed by atoms with van der Waals surface area (Å²) >= 11 is 0. The number of nitrogens with zero attached hydrogens (tertiary/aromatic N) is 1. The summed E-state index contributed by atoms with van der Waals surface area (Å²) in [5.41, 5.74) is 3.60. The molecule has 0 saturated carbocycles. The molecule has 29 heavy (non-hydrogen) atoms. The van der Waals surface area contributed by atoms with Gasteiger partial charge in [-0.2, -0.15) is 0 Å². The SMILES string of the molecule is CCCCCCCCOc1ccc(-c2ccc(CCCCCCCC)nc2)cc1. The van der Waals surface area contributed by atoms with Crippen molar-refractivity contribution in [2.45, 2.75) is 97.3 Å². The lowest BCUT2D eigenvalue weighted by molar-refractivity contribution is 0.304. The highest BCUT2D eigenvalue weighted by molar-refractivity contribution is 5.63. The van der Waals surface area contributed by atoms with Gasteiger partial charge in [-0.3, -0.25) is 4.98 Å². The molecule has 0 fully saturated rings. The average molecular weight is 396 g/mol. The molecule has 2 aromatic rings. The van der Waals surface area contributed by atoms with Crippen molar-refractivity contribution in [3.63, 3.8) is 0 Å². The molecule has 2 heteroatoms. The molecule has 0 bridgehead atoms. The van der Waals surface area contributed by atoms with Gasteiger partial charge in [0.15, 0.2) is 0 Å². The number of hydrogen-bond donors (Lipinski definition) is 0. The molecule has 0 radical (unpaired) electrons. The number of hydrogen-bond acceptors (Lipinski definition) is 2. The van der Waals surface area contributed by atoms with Crippen LogP contribution in [0.2, 0.25) is 0 Å². The molecule has 1 aromatic heterocycles. The van der Waals surface area contributed by atoms with Crippen LogP contribution < -0.4 is 4.74 Å². The van der Waals surface area contributed by atoms with Crippen LogP contribution in [0.25, 0.3) is 11.1 Å². The van der Waals surface area contributed by atoms with Gasteiger partial charge in [-0.1, -0.05) is 96.3 Å². The molecular weight excluding hydrogens is 354 g/mol. The van der Waals surface area contributed by atoms with Crippen molar-refractivity contribution in [2.24, 2.45) is 0 Å². The number of aromatic nitrogens is 1. The number of benzene rings is 1. The number of ether oxygens (including phenoxy) is 1. The van der Waals surface area contributed by atoms with Crippen LogP contribution in [0.3, 0.4) is 0 Å². The number of aryl methyl sites for hydroxylation is 1. The largest absolute Gasteiger partial charge is 0.494 e. The molecule has 160 valence electrons. The van der Waals surface area contributed by atoms with E-state index in [-0.39, 0.29) is 0 Å². The van der Waals surface area contributed by atoms with Gasteiger partial charge in [0.25, 0.3) is 0 Å². The lowest BCUT2D eigenvalue weighted by Crippen LogP contribution is -1.97. The number of pyridine rings is 1. The van der Waals surface area contributed by atoms with E-state index in [1.807, 2.05) is 6.20 Å². The summed E-state index contributed by atoms with van der Waals surface area (Å²) in [7, 11) is 0. The molecule has 0 atom stereocenters. The van der Waals surface area contributed by atoms with E-state index in [0.717, 1.165) is 25.2 Å². The molecule has 0 unspecified atom stereocenters. The topological polar surface area (TPSA) is 22.1 Å². The summed E-state index contributed by atoms with van der Waals surface area (Å²) < 4.78 is 5.89. The molecule has 1 aromatic carbocycles. The van der Waals surface area contributed by atoms with E-state index in [4.69, 9.17) is 4.74 Å². The first kappa shape index (κ1) is 23.4. The van der Waals surface area contributed by atoms with E-state index in [9.17, 15) is 0 Å². The maximum absolute atomic E-state index is 5.89. The molecule has 0 amide bonds. The van der Waals surface area contributed by atoms with Crippen LogP contribution in [0, 0.1) is 0 Å². The van der Waals surface area contributed by atoms with Crippen molar-refractivity contribution in [1.82, 2.24) is 4.98 Å². The van der Waals surface area contributed by atoms with E-state index in [1.165, 1.54) is 87.4 Å². The minimum absolute atomic E-state index is 0.820. The van der Waals surface area contributed by atoms with Gasteiger partial charge in [0, 0.05) is 17.5 Å². The summed E-state index contributed by atoms with van der Waals surface area (Å²) in [6.45, 7) is 5.34. The molecule has 0 aliphatic heterocycles. The van der Waals surface area contributed by atoms with Gasteiger partial charge >= 0.3 is 0 Å². The summed E-state index contributed by atoms with van der Waals surface area (Å²) in [6.07, 6.45) is 18.9. The van der Waals surface area contributed by atoms with E-state index >= 15 is 0 Å². The van der Waals surface area contributed by atoms with E-state index < -0.39 is 0 Å². The predicted molar refractivity (Wildman–Crippen MR) is 126 cm³/mol. The van der Waals surface area contributed by atoms with Crippen molar-refractivity contribution in [1.29, 1.82) is 0 Å². The van der Waals surface area contributed by atoms with Crippen molar-refractivity contribution >= 4 is 0 Å². The van der Waals surface area contributed by atoms with Gasteiger partial charge in [-0.25, -0.2) is 0 Å². The maximum Gasteiger partial charge on any atom is 0.119 e. The standard InChI is InChI=1S/C27H41NO/c1-3-5-7-9-11-13-15-26-19-16-25(23-28-26)24-17-20-27(21-18-24)29-22-14-12-10-8-6-4-2/h16-21,23H,3-15,22H2,1-2H3. The zero-order valence-electron chi connectivity index (χ0n) is 18.8. The third-order valence-electron chi connectivity index (χ3n) is 5.57. The van der Waals surface area contributed by atoms with Gasteiger partial charge in [0.1, 0.15) is 5.75 Å². The lowest BCUT2D eigenvalue weighted by Gasteiger charge is -2.08. The molecule has 2 nitrogen and oxygen atoms in total. The van der Waals surface area contributed by atoms with Crippen LogP contribution in [0.1, 0.15) is 96.6 Å². The molecule has 2 rings (SSSR count). The minimum atomic E-state index is 0.820. The summed E-state index contributed by atoms with van der Waals surface area (Å²) in [5, 5.41) is 0. The second-order valence-corrected chi connectivity index (χ2v) is 8.20. The first-order valence-corrected chi connectivity index (χ1v) is 12.0. The fourth-order valence-electron chi connectivity index (χ4n) is 3.65. The third kappa shape index (κ3) is 9.96. The van der Waals surface area contributed by atoms with Crippen molar-refractivity contribution in [3.05, 3.63) is 48.3 Å². The quantitative estimate of drug-likeness (QED) is 0.266. The Balaban J connectivity index is 1.68. The predicted octanol–water partition coefficient (Wildman–Crippen LogP) is 8.39. The second kappa shape index (κ2) is 15.1. The average Bonchev–Trinajstić information content (AvgIpc) is 2.76. The first-order chi connectivity index (χ1) is 14.3. The lowest BCUT2D eigenvalue weighted by atomic mass is 10.1. The smallest absolute Gasteiger partial charge is 0.119 e. The maximum atomic E-state index is 5.89. The van der Waals surface area contributed by atoms with Crippen LogP contribution in [0.15, 0.2) is 42.6 Å². The van der Waals surface area contributed by atoms with E-state index in [0.29, 0.717) is 0 Å². The van der Waals surface area contributed by atoms with Crippen LogP contribution in [0.4, 0.5) is 0 Å². The fraction of sp³-hybridized carbons (Fsp3) is 0.593. The van der Waals surface area contributed by atoms with Gasteiger partial charge < -0.3 is 4.74 Å². The molecule has 1 heterocycles. The Bertz CT molecular complexity index is 633. The van der Waals surface area contributed by atoms with Crippen LogP contribution in [-0.4, -0.2) is 11.6 Å². The van der Waals surface area contributed by atoms with Crippen molar-refractivity contribution in [3.8, 4) is 16.9 Å². The highest BCUT2D eigenvalue weighted by Crippen LogP contribution is 2.22. The third-order valence-corrected chi connectivity index (χ3v) is 5.57. The minimum Gasteiger partial charge on any atom is -0.494 e. The highest BCUT2D eigenvalue weighted by atomic mass is 16.5. The Hall–Kier alpha value is -1.83. The van der Waals surface area contributed by atoms with Gasteiger partial charge in [-0.15, -0.1) is 0 Å².